The van der Waals surface area contributed by atoms with Crippen LogP contribution in [0.25, 0.3) is 10.9 Å². The number of ether oxygens (including phenoxy) is 1. The highest BCUT2D eigenvalue weighted by molar-refractivity contribution is 7.89. The van der Waals surface area contributed by atoms with Gasteiger partial charge in [-0.2, -0.15) is 4.31 Å². The number of nitrogens with one attached hydrogen (secondary N) is 1. The molecule has 8 heteroatoms. The van der Waals surface area contributed by atoms with Gasteiger partial charge in [0.15, 0.2) is 0 Å². The first-order chi connectivity index (χ1) is 15.5. The van der Waals surface area contributed by atoms with E-state index in [1.165, 1.54) is 15.3 Å². The lowest BCUT2D eigenvalue weighted by Crippen LogP contribution is -2.50. The van der Waals surface area contributed by atoms with E-state index in [1.807, 2.05) is 31.3 Å². The van der Waals surface area contributed by atoms with Gasteiger partial charge < -0.3 is 14.6 Å². The number of aromatic nitrogens is 1. The van der Waals surface area contributed by atoms with Gasteiger partial charge in [-0.3, -0.25) is 4.79 Å². The Morgan fingerprint density at radius 3 is 2.47 bits per heavy atom. The molecule has 0 spiro atoms. The molecule has 0 saturated carbocycles. The van der Waals surface area contributed by atoms with Crippen LogP contribution in [0.1, 0.15) is 25.3 Å². The first kappa shape index (κ1) is 22.4. The van der Waals surface area contributed by atoms with E-state index < -0.39 is 10.0 Å². The number of hydrogen-bond donors (Lipinski definition) is 1. The van der Waals surface area contributed by atoms with Crippen molar-refractivity contribution in [3.63, 3.8) is 0 Å². The van der Waals surface area contributed by atoms with Gasteiger partial charge in [-0.05, 0) is 55.7 Å². The van der Waals surface area contributed by atoms with Crippen LogP contribution in [0.2, 0.25) is 0 Å². The second kappa shape index (κ2) is 9.75. The number of nitrogens with zero attached hydrogens (tertiary/aromatic N) is 2. The Hall–Kier alpha value is -2.84. The first-order valence-electron chi connectivity index (χ1n) is 11.0. The van der Waals surface area contributed by atoms with Crippen molar-refractivity contribution in [3.05, 3.63) is 60.3 Å². The number of carbonyl (C=O) groups excluding carboxylic acids is 1. The van der Waals surface area contributed by atoms with Gasteiger partial charge in [-0.1, -0.05) is 18.2 Å². The highest BCUT2D eigenvalue weighted by Gasteiger charge is 2.30. The van der Waals surface area contributed by atoms with Crippen LogP contribution in [-0.4, -0.2) is 61.3 Å². The molecule has 2 aromatic carbocycles. The summed E-state index contributed by atoms with van der Waals surface area (Å²) in [5.74, 6) is 0.734. The second-order valence-corrected chi connectivity index (χ2v) is 9.84. The highest BCUT2D eigenvalue weighted by atomic mass is 32.2. The van der Waals surface area contributed by atoms with Crippen LogP contribution in [0.3, 0.4) is 0 Å². The molecule has 1 saturated heterocycles. The minimum Gasteiger partial charge on any atom is -0.494 e. The van der Waals surface area contributed by atoms with Gasteiger partial charge in [0.1, 0.15) is 5.75 Å². The van der Waals surface area contributed by atoms with Gasteiger partial charge in [0.25, 0.3) is 0 Å². The summed E-state index contributed by atoms with van der Waals surface area (Å²) < 4.78 is 32.7. The molecule has 4 rings (SSSR count). The largest absolute Gasteiger partial charge is 0.494 e. The van der Waals surface area contributed by atoms with Crippen molar-refractivity contribution in [3.8, 4) is 5.75 Å². The van der Waals surface area contributed by atoms with E-state index in [-0.39, 0.29) is 10.8 Å². The first-order valence-corrected chi connectivity index (χ1v) is 12.5. The Morgan fingerprint density at radius 1 is 1.03 bits per heavy atom. The van der Waals surface area contributed by atoms with Crippen molar-refractivity contribution >= 4 is 26.8 Å². The molecule has 0 aliphatic carbocycles. The third kappa shape index (κ3) is 4.81. The van der Waals surface area contributed by atoms with E-state index in [1.54, 1.807) is 29.2 Å². The van der Waals surface area contributed by atoms with Gasteiger partial charge >= 0.3 is 0 Å². The maximum Gasteiger partial charge on any atom is 0.243 e. The molecule has 0 atom stereocenters. The molecule has 1 N–H and O–H groups in total. The topological polar surface area (TPSA) is 82.7 Å². The van der Waals surface area contributed by atoms with Gasteiger partial charge in [-0.25, -0.2) is 8.42 Å². The van der Waals surface area contributed by atoms with Crippen LogP contribution < -0.4 is 4.74 Å². The molecule has 0 radical (unpaired) electrons. The SMILES string of the molecule is CCOc1ccc(S(=O)(=O)N2CCN(C(=O)CCCc3c[nH]c4ccccc34)CC2)cc1. The fraction of sp³-hybridized carbons (Fsp3) is 0.375. The number of carbonyl (C=O) groups is 1. The third-order valence-corrected chi connectivity index (χ3v) is 7.79. The van der Waals surface area contributed by atoms with E-state index in [9.17, 15) is 13.2 Å². The summed E-state index contributed by atoms with van der Waals surface area (Å²) in [4.78, 5) is 17.9. The lowest BCUT2D eigenvalue weighted by molar-refractivity contribution is -0.132. The molecule has 1 amide bonds. The van der Waals surface area contributed by atoms with Crippen molar-refractivity contribution in [2.24, 2.45) is 0 Å². The van der Waals surface area contributed by atoms with Crippen LogP contribution in [0.5, 0.6) is 5.75 Å². The third-order valence-electron chi connectivity index (χ3n) is 5.88. The smallest absolute Gasteiger partial charge is 0.243 e. The zero-order chi connectivity index (χ0) is 22.6. The molecule has 0 bridgehead atoms. The summed E-state index contributed by atoms with van der Waals surface area (Å²) in [5, 5.41) is 1.20. The van der Waals surface area contributed by atoms with Crippen LogP contribution in [-0.2, 0) is 21.2 Å². The number of hydrogen-bond acceptors (Lipinski definition) is 4. The van der Waals surface area contributed by atoms with Gasteiger partial charge in [0, 0.05) is 49.7 Å². The van der Waals surface area contributed by atoms with Gasteiger partial charge in [0.05, 0.1) is 11.5 Å². The van der Waals surface area contributed by atoms with Crippen molar-refractivity contribution < 1.29 is 17.9 Å². The molecular weight excluding hydrogens is 426 g/mol. The number of benzene rings is 2. The van der Waals surface area contributed by atoms with Gasteiger partial charge in [-0.15, -0.1) is 0 Å². The van der Waals surface area contributed by atoms with E-state index >= 15 is 0 Å². The molecule has 7 nitrogen and oxygen atoms in total. The monoisotopic (exact) mass is 455 g/mol. The number of aromatic amines is 1. The lowest BCUT2D eigenvalue weighted by Gasteiger charge is -2.34. The Labute approximate surface area is 189 Å². The predicted molar refractivity (Wildman–Crippen MR) is 124 cm³/mol. The van der Waals surface area contributed by atoms with E-state index in [0.29, 0.717) is 45.0 Å². The minimum absolute atomic E-state index is 0.0861. The number of aryl methyl sites for hydroxylation is 1. The molecule has 3 aromatic rings. The molecule has 0 unspecified atom stereocenters. The summed E-state index contributed by atoms with van der Waals surface area (Å²) in [6.45, 7) is 3.87. The predicted octanol–water partition coefficient (Wildman–Crippen LogP) is 3.42. The average Bonchev–Trinajstić information content (AvgIpc) is 3.23. The molecule has 32 heavy (non-hydrogen) atoms. The summed E-state index contributed by atoms with van der Waals surface area (Å²) in [6.07, 6.45) is 4.08. The normalized spacial score (nSPS) is 15.2. The summed E-state index contributed by atoms with van der Waals surface area (Å²) >= 11 is 0. The summed E-state index contributed by atoms with van der Waals surface area (Å²) in [6, 6.07) is 14.6. The number of piperazine rings is 1. The molecular formula is C24H29N3O4S. The van der Waals surface area contributed by atoms with E-state index in [2.05, 4.69) is 11.1 Å². The maximum atomic E-state index is 12.9. The van der Waals surface area contributed by atoms with Crippen molar-refractivity contribution in [2.75, 3.05) is 32.8 Å². The molecule has 1 fully saturated rings. The maximum absolute atomic E-state index is 12.9. The van der Waals surface area contributed by atoms with E-state index in [0.717, 1.165) is 18.4 Å². The number of rotatable bonds is 8. The molecule has 2 heterocycles. The Kier molecular flexibility index (Phi) is 6.81. The lowest BCUT2D eigenvalue weighted by atomic mass is 10.1. The van der Waals surface area contributed by atoms with Gasteiger partial charge in [0.2, 0.25) is 15.9 Å². The van der Waals surface area contributed by atoms with E-state index in [4.69, 9.17) is 4.74 Å². The number of amides is 1. The molecule has 170 valence electrons. The fourth-order valence-electron chi connectivity index (χ4n) is 4.13. The van der Waals surface area contributed by atoms with Crippen LogP contribution in [0.15, 0.2) is 59.6 Å². The number of fused-ring (bicyclic) bond motifs is 1. The quantitative estimate of drug-likeness (QED) is 0.564. The fourth-order valence-corrected chi connectivity index (χ4v) is 5.55. The number of para-hydroxylation sites is 1. The minimum atomic E-state index is -3.57. The average molecular weight is 456 g/mol. The Morgan fingerprint density at radius 2 is 1.75 bits per heavy atom. The Bertz CT molecular complexity index is 1160. The van der Waals surface area contributed by atoms with Crippen molar-refractivity contribution in [2.45, 2.75) is 31.1 Å². The standard InChI is InChI=1S/C24H29N3O4S/c1-2-31-20-10-12-21(13-11-20)32(29,30)27-16-14-26(15-17-27)24(28)9-5-6-19-18-25-23-8-4-3-7-22(19)23/h3-4,7-8,10-13,18,25H,2,5-6,9,14-17H2,1H3. The number of sulfonamides is 1. The van der Waals surface area contributed by atoms with Crippen molar-refractivity contribution in [1.82, 2.24) is 14.2 Å². The highest BCUT2D eigenvalue weighted by Crippen LogP contribution is 2.22. The van der Waals surface area contributed by atoms with Crippen LogP contribution in [0, 0.1) is 0 Å². The summed E-state index contributed by atoms with van der Waals surface area (Å²) in [7, 11) is -3.57. The second-order valence-electron chi connectivity index (χ2n) is 7.90. The van der Waals surface area contributed by atoms with Crippen LogP contribution in [0.4, 0.5) is 0 Å². The molecule has 1 aromatic heterocycles. The van der Waals surface area contributed by atoms with Crippen LogP contribution >= 0.6 is 0 Å². The number of H-pyrrole nitrogens is 1. The molecule has 1 aliphatic rings. The molecule has 1 aliphatic heterocycles. The zero-order valence-electron chi connectivity index (χ0n) is 18.3. The van der Waals surface area contributed by atoms with Crippen molar-refractivity contribution in [1.29, 1.82) is 0 Å². The Balaban J connectivity index is 1.27. The summed E-state index contributed by atoms with van der Waals surface area (Å²) in [5.41, 5.74) is 2.33. The zero-order valence-corrected chi connectivity index (χ0v) is 19.1.